The number of aryl methyl sites for hydroxylation is 1. The van der Waals surface area contributed by atoms with Gasteiger partial charge in [0.15, 0.2) is 5.84 Å². The number of carbonyl (C=O) groups is 1. The first-order valence-corrected chi connectivity index (χ1v) is 10.6. The topological polar surface area (TPSA) is 66.4 Å². The molecule has 162 valence electrons. The van der Waals surface area contributed by atoms with E-state index in [4.69, 9.17) is 4.99 Å². The van der Waals surface area contributed by atoms with Crippen LogP contribution in [0.4, 0.5) is 11.4 Å². The van der Waals surface area contributed by atoms with Gasteiger partial charge in [-0.15, -0.1) is 10.1 Å². The molecule has 2 aliphatic rings. The number of fused-ring (bicyclic) bond motifs is 1. The molecule has 0 aliphatic carbocycles. The van der Waals surface area contributed by atoms with E-state index < -0.39 is 0 Å². The van der Waals surface area contributed by atoms with E-state index in [9.17, 15) is 4.79 Å². The molecule has 1 amide bonds. The molecule has 7 nitrogen and oxygen atoms in total. The number of amides is 1. The fraction of sp³-hybridized carbons (Fsp3) is 0.333. The van der Waals surface area contributed by atoms with Gasteiger partial charge in [-0.2, -0.15) is 5.01 Å². The quantitative estimate of drug-likeness (QED) is 0.436. The summed E-state index contributed by atoms with van der Waals surface area (Å²) < 4.78 is 0. The number of hydrazone groups is 1. The Morgan fingerprint density at radius 1 is 1.19 bits per heavy atom. The minimum atomic E-state index is -0.229. The number of rotatable bonds is 6. The van der Waals surface area contributed by atoms with Crippen LogP contribution in [0.2, 0.25) is 0 Å². The number of hydrogen-bond acceptors (Lipinski definition) is 6. The van der Waals surface area contributed by atoms with Crippen LogP contribution in [0.3, 0.4) is 0 Å². The van der Waals surface area contributed by atoms with Crippen LogP contribution in [-0.2, 0) is 21.1 Å². The SMILES string of the molecule is COONC1=NN(c2ccccc2)C(=O)/C1=C\c1ccc2c(c1)CCCN2CC(C)C. The van der Waals surface area contributed by atoms with E-state index in [1.165, 1.54) is 23.4 Å². The fourth-order valence-electron chi connectivity index (χ4n) is 4.03. The van der Waals surface area contributed by atoms with Crippen molar-refractivity contribution >= 4 is 29.2 Å². The molecule has 4 rings (SSSR count). The number of anilines is 2. The molecule has 0 radical (unpaired) electrons. The Morgan fingerprint density at radius 3 is 2.74 bits per heavy atom. The average molecular weight is 421 g/mol. The van der Waals surface area contributed by atoms with Gasteiger partial charge in [-0.1, -0.05) is 38.1 Å². The maximum absolute atomic E-state index is 13.1. The predicted octanol–water partition coefficient (Wildman–Crippen LogP) is 3.92. The number of benzene rings is 2. The van der Waals surface area contributed by atoms with E-state index >= 15 is 0 Å². The van der Waals surface area contributed by atoms with Crippen LogP contribution < -0.4 is 15.4 Å². The standard InChI is InChI=1S/C24H28N4O3/c1-17(2)16-27-13-7-8-19-14-18(11-12-22(19)27)15-21-23(26-31-30-3)25-28(24(21)29)20-9-5-4-6-10-20/h4-6,9-12,14-15,17H,7-8,13,16H2,1-3H3,(H,25,26)/b21-15-. The lowest BCUT2D eigenvalue weighted by atomic mass is 9.97. The Hall–Kier alpha value is -3.16. The van der Waals surface area contributed by atoms with Crippen LogP contribution in [0.1, 0.15) is 31.4 Å². The molecule has 1 N–H and O–H groups in total. The van der Waals surface area contributed by atoms with E-state index in [-0.39, 0.29) is 5.91 Å². The second-order valence-electron chi connectivity index (χ2n) is 8.14. The first kappa shape index (κ1) is 21.1. The molecule has 0 saturated heterocycles. The highest BCUT2D eigenvalue weighted by Gasteiger charge is 2.32. The molecule has 0 fully saturated rings. The maximum atomic E-state index is 13.1. The highest BCUT2D eigenvalue weighted by atomic mass is 17.3. The van der Waals surface area contributed by atoms with E-state index in [0.29, 0.717) is 23.0 Å². The van der Waals surface area contributed by atoms with Gasteiger partial charge < -0.3 is 4.90 Å². The number of carbonyl (C=O) groups excluding carboxylic acids is 1. The summed E-state index contributed by atoms with van der Waals surface area (Å²) >= 11 is 0. The van der Waals surface area contributed by atoms with Crippen molar-refractivity contribution in [2.24, 2.45) is 11.0 Å². The minimum absolute atomic E-state index is 0.229. The normalized spacial score (nSPS) is 17.4. The number of hydroxylamine groups is 1. The first-order chi connectivity index (χ1) is 15.1. The summed E-state index contributed by atoms with van der Waals surface area (Å²) in [6, 6.07) is 15.7. The van der Waals surface area contributed by atoms with Crippen molar-refractivity contribution < 1.29 is 14.7 Å². The van der Waals surface area contributed by atoms with Crippen molar-refractivity contribution in [1.29, 1.82) is 0 Å². The number of amidine groups is 1. The third-order valence-electron chi connectivity index (χ3n) is 5.32. The van der Waals surface area contributed by atoms with E-state index in [1.807, 2.05) is 36.4 Å². The van der Waals surface area contributed by atoms with Gasteiger partial charge in [-0.25, -0.2) is 10.4 Å². The van der Waals surface area contributed by atoms with Crippen molar-refractivity contribution in [3.05, 3.63) is 65.2 Å². The largest absolute Gasteiger partial charge is 0.371 e. The molecule has 0 atom stereocenters. The lowest BCUT2D eigenvalue weighted by Crippen LogP contribution is -2.32. The summed E-state index contributed by atoms with van der Waals surface area (Å²) in [5, 5.41) is 5.75. The van der Waals surface area contributed by atoms with E-state index in [1.54, 1.807) is 0 Å². The van der Waals surface area contributed by atoms with E-state index in [0.717, 1.165) is 31.5 Å². The van der Waals surface area contributed by atoms with Crippen molar-refractivity contribution in [2.75, 3.05) is 30.1 Å². The van der Waals surface area contributed by atoms with E-state index in [2.05, 4.69) is 52.4 Å². The molecular weight excluding hydrogens is 392 g/mol. The highest BCUT2D eigenvalue weighted by Crippen LogP contribution is 2.30. The third-order valence-corrected chi connectivity index (χ3v) is 5.32. The van der Waals surface area contributed by atoms with Crippen LogP contribution in [0.5, 0.6) is 0 Å². The average Bonchev–Trinajstić information content (AvgIpc) is 3.08. The zero-order valence-corrected chi connectivity index (χ0v) is 18.2. The molecule has 2 aliphatic heterocycles. The first-order valence-electron chi connectivity index (χ1n) is 10.6. The van der Waals surface area contributed by atoms with Gasteiger partial charge in [0, 0.05) is 18.8 Å². The second kappa shape index (κ2) is 9.32. The summed E-state index contributed by atoms with van der Waals surface area (Å²) in [5.74, 6) is 0.681. The minimum Gasteiger partial charge on any atom is -0.371 e. The van der Waals surface area contributed by atoms with Crippen LogP contribution >= 0.6 is 0 Å². The van der Waals surface area contributed by atoms with Crippen LogP contribution in [0.15, 0.2) is 59.2 Å². The fourth-order valence-corrected chi connectivity index (χ4v) is 4.03. The summed E-state index contributed by atoms with van der Waals surface area (Å²) in [6.07, 6.45) is 4.02. The van der Waals surface area contributed by atoms with Gasteiger partial charge in [-0.05, 0) is 60.2 Å². The molecule has 0 saturated carbocycles. The summed E-state index contributed by atoms with van der Waals surface area (Å²) in [4.78, 5) is 25.1. The summed E-state index contributed by atoms with van der Waals surface area (Å²) in [7, 11) is 1.38. The molecule has 0 spiro atoms. The number of para-hydroxylation sites is 1. The van der Waals surface area contributed by atoms with Gasteiger partial charge in [0.1, 0.15) is 0 Å². The molecule has 2 aromatic carbocycles. The monoisotopic (exact) mass is 420 g/mol. The maximum Gasteiger partial charge on any atom is 0.282 e. The Bertz CT molecular complexity index is 1000. The smallest absolute Gasteiger partial charge is 0.282 e. The molecule has 2 heterocycles. The van der Waals surface area contributed by atoms with Crippen molar-refractivity contribution in [2.45, 2.75) is 26.7 Å². The molecular formula is C24H28N4O3. The van der Waals surface area contributed by atoms with Crippen LogP contribution in [0.25, 0.3) is 6.08 Å². The molecule has 0 aromatic heterocycles. The zero-order valence-electron chi connectivity index (χ0n) is 18.2. The Balaban J connectivity index is 1.65. The second-order valence-corrected chi connectivity index (χ2v) is 8.14. The van der Waals surface area contributed by atoms with Crippen molar-refractivity contribution in [1.82, 2.24) is 5.48 Å². The zero-order chi connectivity index (χ0) is 21.8. The van der Waals surface area contributed by atoms with Gasteiger partial charge in [0.05, 0.1) is 18.4 Å². The molecule has 31 heavy (non-hydrogen) atoms. The molecule has 0 unspecified atom stereocenters. The van der Waals surface area contributed by atoms with Crippen LogP contribution in [-0.4, -0.2) is 31.9 Å². The lowest BCUT2D eigenvalue weighted by Gasteiger charge is -2.33. The Morgan fingerprint density at radius 2 is 2.00 bits per heavy atom. The predicted molar refractivity (Wildman–Crippen MR) is 122 cm³/mol. The summed E-state index contributed by atoms with van der Waals surface area (Å²) in [5.41, 5.74) is 7.26. The van der Waals surface area contributed by atoms with Gasteiger partial charge in [-0.3, -0.25) is 4.79 Å². The third kappa shape index (κ3) is 4.62. The van der Waals surface area contributed by atoms with Crippen LogP contribution in [0, 0.1) is 5.92 Å². The number of nitrogens with one attached hydrogen (secondary N) is 1. The lowest BCUT2D eigenvalue weighted by molar-refractivity contribution is -0.300. The molecule has 0 bridgehead atoms. The summed E-state index contributed by atoms with van der Waals surface area (Å²) in [6.45, 7) is 6.62. The van der Waals surface area contributed by atoms with Gasteiger partial charge >= 0.3 is 0 Å². The number of hydrogen-bond donors (Lipinski definition) is 1. The Kier molecular flexibility index (Phi) is 6.34. The van der Waals surface area contributed by atoms with Gasteiger partial charge in [0.25, 0.3) is 5.91 Å². The molecule has 7 heteroatoms. The highest BCUT2D eigenvalue weighted by molar-refractivity contribution is 6.31. The van der Waals surface area contributed by atoms with Gasteiger partial charge in [0.2, 0.25) is 0 Å². The number of nitrogens with zero attached hydrogens (tertiary/aromatic N) is 3. The molecule has 2 aromatic rings. The Labute approximate surface area is 182 Å². The van der Waals surface area contributed by atoms with Crippen molar-refractivity contribution in [3.8, 4) is 0 Å². The van der Waals surface area contributed by atoms with Crippen molar-refractivity contribution in [3.63, 3.8) is 0 Å².